The molecular formula is C24H23BrClN5O5. The highest BCUT2D eigenvalue weighted by molar-refractivity contribution is 9.10. The third-order valence-electron chi connectivity index (χ3n) is 6.51. The average molecular weight is 577 g/mol. The molecule has 1 saturated carbocycles. The maximum atomic E-state index is 13.3. The van der Waals surface area contributed by atoms with E-state index in [2.05, 4.69) is 36.5 Å². The number of halogens is 2. The Bertz CT molecular complexity index is 1310. The number of anilines is 2. The quantitative estimate of drug-likeness (QED) is 0.435. The van der Waals surface area contributed by atoms with Crippen molar-refractivity contribution in [3.8, 4) is 0 Å². The fourth-order valence-electron chi connectivity index (χ4n) is 4.70. The molecule has 1 saturated heterocycles. The first-order valence-electron chi connectivity index (χ1n) is 11.6. The Morgan fingerprint density at radius 3 is 2.64 bits per heavy atom. The van der Waals surface area contributed by atoms with Gasteiger partial charge in [0.2, 0.25) is 17.6 Å². The van der Waals surface area contributed by atoms with Crippen molar-refractivity contribution in [2.45, 2.75) is 31.7 Å². The third-order valence-corrected chi connectivity index (χ3v) is 7.33. The lowest BCUT2D eigenvalue weighted by Gasteiger charge is -2.38. The highest BCUT2D eigenvalue weighted by Crippen LogP contribution is 2.37. The number of nitrogens with zero attached hydrogens (tertiary/aromatic N) is 3. The second kappa shape index (κ2) is 10.5. The van der Waals surface area contributed by atoms with Crippen LogP contribution >= 0.6 is 27.5 Å². The number of aromatic nitrogens is 2. The van der Waals surface area contributed by atoms with E-state index in [4.69, 9.17) is 20.8 Å². The molecule has 12 heteroatoms. The second-order valence-electron chi connectivity index (χ2n) is 8.73. The van der Waals surface area contributed by atoms with E-state index in [1.54, 1.807) is 18.2 Å². The van der Waals surface area contributed by atoms with Gasteiger partial charge in [-0.1, -0.05) is 11.6 Å². The molecule has 1 aliphatic heterocycles. The number of rotatable bonds is 5. The zero-order valence-electron chi connectivity index (χ0n) is 19.1. The van der Waals surface area contributed by atoms with E-state index >= 15 is 0 Å². The van der Waals surface area contributed by atoms with Crippen LogP contribution < -0.4 is 10.6 Å². The maximum Gasteiger partial charge on any atom is 0.294 e. The van der Waals surface area contributed by atoms with Gasteiger partial charge in [-0.25, -0.2) is 9.97 Å². The number of furan rings is 1. The Morgan fingerprint density at radius 2 is 1.92 bits per heavy atom. The molecule has 2 N–H and O–H groups in total. The minimum absolute atomic E-state index is 0.00204. The van der Waals surface area contributed by atoms with Crippen molar-refractivity contribution in [3.63, 3.8) is 0 Å². The van der Waals surface area contributed by atoms with Crippen LogP contribution in [0, 0.1) is 5.92 Å². The molecular weight excluding hydrogens is 554 g/mol. The van der Waals surface area contributed by atoms with Crippen LogP contribution in [0.5, 0.6) is 0 Å². The number of carbonyl (C=O) groups is 3. The number of ether oxygens (including phenoxy) is 1. The molecule has 3 amide bonds. The number of nitrogens with one attached hydrogen (secondary N) is 2. The maximum absolute atomic E-state index is 13.3. The lowest BCUT2D eigenvalue weighted by Crippen LogP contribution is -2.49. The van der Waals surface area contributed by atoms with Crippen LogP contribution in [-0.4, -0.2) is 58.4 Å². The van der Waals surface area contributed by atoms with Crippen LogP contribution in [0.3, 0.4) is 0 Å². The Hall–Kier alpha value is -3.02. The number of hydrogen-bond acceptors (Lipinski definition) is 7. The van der Waals surface area contributed by atoms with E-state index < -0.39 is 5.91 Å². The summed E-state index contributed by atoms with van der Waals surface area (Å²) in [7, 11) is 0. The van der Waals surface area contributed by atoms with Crippen LogP contribution in [0.2, 0.25) is 5.02 Å². The van der Waals surface area contributed by atoms with E-state index in [0.717, 1.165) is 12.8 Å². The summed E-state index contributed by atoms with van der Waals surface area (Å²) < 4.78 is 11.5. The molecule has 2 aliphatic rings. The van der Waals surface area contributed by atoms with Crippen molar-refractivity contribution in [1.29, 1.82) is 0 Å². The summed E-state index contributed by atoms with van der Waals surface area (Å²) in [5.41, 5.74) is 0.642. The van der Waals surface area contributed by atoms with Crippen molar-refractivity contribution < 1.29 is 23.5 Å². The van der Waals surface area contributed by atoms with Crippen molar-refractivity contribution in [1.82, 2.24) is 14.9 Å². The second-order valence-corrected chi connectivity index (χ2v) is 9.92. The first kappa shape index (κ1) is 24.7. The van der Waals surface area contributed by atoms with Crippen LogP contribution in [0.1, 0.15) is 36.2 Å². The number of amides is 3. The summed E-state index contributed by atoms with van der Waals surface area (Å²) in [5, 5.41) is 6.52. The van der Waals surface area contributed by atoms with Crippen molar-refractivity contribution in [2.75, 3.05) is 30.4 Å². The third kappa shape index (κ3) is 5.09. The fraction of sp³-hybridized carbons (Fsp3) is 0.375. The van der Waals surface area contributed by atoms with Gasteiger partial charge in [-0.3, -0.25) is 14.4 Å². The molecule has 36 heavy (non-hydrogen) atoms. The Balaban J connectivity index is 1.33. The van der Waals surface area contributed by atoms with Gasteiger partial charge < -0.3 is 24.7 Å². The molecule has 0 unspecified atom stereocenters. The zero-order chi connectivity index (χ0) is 25.2. The molecule has 0 spiro atoms. The van der Waals surface area contributed by atoms with Gasteiger partial charge in [0.25, 0.3) is 5.91 Å². The minimum Gasteiger partial charge on any atom is -0.448 e. The largest absolute Gasteiger partial charge is 0.448 e. The van der Waals surface area contributed by atoms with Crippen molar-refractivity contribution in [3.05, 3.63) is 46.0 Å². The number of hydrogen-bond donors (Lipinski definition) is 2. The fourth-order valence-corrected chi connectivity index (χ4v) is 5.32. The van der Waals surface area contributed by atoms with E-state index in [0.29, 0.717) is 46.6 Å². The molecule has 2 fully saturated rings. The Kier molecular flexibility index (Phi) is 7.22. The average Bonchev–Trinajstić information content (AvgIpc) is 3.25. The molecule has 0 bridgehead atoms. The van der Waals surface area contributed by atoms with E-state index in [9.17, 15) is 14.4 Å². The molecule has 188 valence electrons. The van der Waals surface area contributed by atoms with Gasteiger partial charge in [-0.05, 0) is 59.8 Å². The van der Waals surface area contributed by atoms with E-state index in [-0.39, 0.29) is 47.6 Å². The summed E-state index contributed by atoms with van der Waals surface area (Å²) in [6.45, 7) is 1.25. The summed E-state index contributed by atoms with van der Waals surface area (Å²) in [5.74, 6) is -0.808. The lowest BCUT2D eigenvalue weighted by molar-refractivity contribution is -0.146. The van der Waals surface area contributed by atoms with Gasteiger partial charge in [0, 0.05) is 30.9 Å². The monoisotopic (exact) mass is 575 g/mol. The summed E-state index contributed by atoms with van der Waals surface area (Å²) in [4.78, 5) is 48.7. The van der Waals surface area contributed by atoms with Gasteiger partial charge in [0.15, 0.2) is 0 Å². The molecule has 1 aliphatic carbocycles. The van der Waals surface area contributed by atoms with Gasteiger partial charge >= 0.3 is 0 Å². The normalized spacial score (nSPS) is 20.4. The minimum atomic E-state index is -0.572. The highest BCUT2D eigenvalue weighted by atomic mass is 79.9. The Labute approximate surface area is 219 Å². The van der Waals surface area contributed by atoms with Crippen LogP contribution in [0.15, 0.2) is 39.6 Å². The predicted octanol–water partition coefficient (Wildman–Crippen LogP) is 4.25. The summed E-state index contributed by atoms with van der Waals surface area (Å²) in [6, 6.07) is 4.91. The summed E-state index contributed by atoms with van der Waals surface area (Å²) >= 11 is 9.27. The summed E-state index contributed by atoms with van der Waals surface area (Å²) in [6.07, 6.45) is 5.69. The molecule has 4 heterocycles. The van der Waals surface area contributed by atoms with Crippen LogP contribution in [0.4, 0.5) is 11.5 Å². The van der Waals surface area contributed by atoms with E-state index in [1.165, 1.54) is 12.4 Å². The molecule has 0 radical (unpaired) electrons. The van der Waals surface area contributed by atoms with Gasteiger partial charge in [0.05, 0.1) is 17.0 Å². The zero-order valence-corrected chi connectivity index (χ0v) is 21.5. The molecule has 0 aromatic carbocycles. The van der Waals surface area contributed by atoms with Crippen molar-refractivity contribution in [2.24, 2.45) is 5.92 Å². The number of pyridine rings is 2. The lowest BCUT2D eigenvalue weighted by atomic mass is 9.84. The number of carbonyl (C=O) groups excluding carboxylic acids is 3. The van der Waals surface area contributed by atoms with Gasteiger partial charge in [-0.15, -0.1) is 0 Å². The Morgan fingerprint density at radius 1 is 1.11 bits per heavy atom. The smallest absolute Gasteiger partial charge is 0.294 e. The predicted molar refractivity (Wildman–Crippen MR) is 136 cm³/mol. The first-order valence-corrected chi connectivity index (χ1v) is 12.8. The SMILES string of the molecule is O=C(Nc1ccc(Cl)cn1)c1oc2ccnc(Br)c2c1NC(=O)[C@H]1CC[C@H](N2CCOCC2=O)CC1. The van der Waals surface area contributed by atoms with Crippen molar-refractivity contribution >= 4 is 67.7 Å². The highest BCUT2D eigenvalue weighted by Gasteiger charge is 2.34. The van der Waals surface area contributed by atoms with Gasteiger partial charge in [0.1, 0.15) is 28.3 Å². The number of fused-ring (bicyclic) bond motifs is 1. The molecule has 0 atom stereocenters. The van der Waals surface area contributed by atoms with Crippen LogP contribution in [0.25, 0.3) is 11.0 Å². The van der Waals surface area contributed by atoms with Gasteiger partial charge in [-0.2, -0.15) is 0 Å². The molecule has 3 aromatic heterocycles. The molecule has 3 aromatic rings. The first-order chi connectivity index (χ1) is 17.4. The molecule has 5 rings (SSSR count). The standard InChI is InChI=1S/C24H23BrClN5O5/c25-22-19-16(7-8-27-22)36-21(24(34)29-17-6-3-14(26)11-28-17)20(19)30-23(33)13-1-4-15(5-2-13)31-9-10-35-12-18(31)32/h3,6-8,11,13,15H,1-2,4-5,9-10,12H2,(H,30,33)(H,28,29,34)/t13-,15-. The van der Waals surface area contributed by atoms with Crippen LogP contribution in [-0.2, 0) is 14.3 Å². The van der Waals surface area contributed by atoms with E-state index in [1.807, 2.05) is 4.90 Å². The topological polar surface area (TPSA) is 127 Å². The molecule has 10 nitrogen and oxygen atoms in total. The number of morpholine rings is 1.